The minimum Gasteiger partial charge on any atom is -0.383 e. The van der Waals surface area contributed by atoms with Crippen LogP contribution in [-0.2, 0) is 25.1 Å². The van der Waals surface area contributed by atoms with Gasteiger partial charge in [0.15, 0.2) is 11.0 Å². The van der Waals surface area contributed by atoms with Crippen LogP contribution in [0.1, 0.15) is 48.9 Å². The lowest BCUT2D eigenvalue weighted by Crippen LogP contribution is -2.05. The molecule has 1 aliphatic carbocycles. The van der Waals surface area contributed by atoms with E-state index in [1.807, 2.05) is 4.68 Å². The van der Waals surface area contributed by atoms with Crippen LogP contribution < -0.4 is 5.73 Å². The number of thioether (sulfide) groups is 1. The fourth-order valence-electron chi connectivity index (χ4n) is 3.17. The highest BCUT2D eigenvalue weighted by Crippen LogP contribution is 2.38. The molecule has 0 spiro atoms. The van der Waals surface area contributed by atoms with Crippen LogP contribution in [0.5, 0.6) is 0 Å². The van der Waals surface area contributed by atoms with E-state index >= 15 is 0 Å². The van der Waals surface area contributed by atoms with Gasteiger partial charge in [-0.05, 0) is 48.1 Å². The van der Waals surface area contributed by atoms with Gasteiger partial charge in [0.1, 0.15) is 10.6 Å². The topological polar surface area (TPSA) is 95.4 Å². The zero-order valence-corrected chi connectivity index (χ0v) is 15.9. The van der Waals surface area contributed by atoms with E-state index in [4.69, 9.17) is 10.7 Å². The Bertz CT molecular complexity index is 886. The fraction of sp³-hybridized carbons (Fsp3) is 0.562. The number of hydrogen-bond acceptors (Lipinski definition) is 8. The highest BCUT2D eigenvalue weighted by molar-refractivity contribution is 7.98. The summed E-state index contributed by atoms with van der Waals surface area (Å²) in [5.41, 5.74) is 7.65. The van der Waals surface area contributed by atoms with Gasteiger partial charge in [0, 0.05) is 11.4 Å². The van der Waals surface area contributed by atoms with Gasteiger partial charge in [-0.3, -0.25) is 0 Å². The largest absolute Gasteiger partial charge is 0.383 e. The first-order chi connectivity index (χ1) is 12.3. The van der Waals surface area contributed by atoms with Crippen LogP contribution in [-0.4, -0.2) is 30.2 Å². The van der Waals surface area contributed by atoms with E-state index in [2.05, 4.69) is 27.4 Å². The van der Waals surface area contributed by atoms with Gasteiger partial charge in [-0.15, -0.1) is 16.4 Å². The van der Waals surface area contributed by atoms with E-state index in [9.17, 15) is 0 Å². The lowest BCUT2D eigenvalue weighted by Gasteiger charge is -2.10. The Balaban J connectivity index is 1.55. The second-order valence-electron chi connectivity index (χ2n) is 6.24. The zero-order chi connectivity index (χ0) is 17.2. The van der Waals surface area contributed by atoms with Gasteiger partial charge in [0.2, 0.25) is 0 Å². The molecule has 3 aromatic rings. The van der Waals surface area contributed by atoms with E-state index in [1.165, 1.54) is 23.3 Å². The van der Waals surface area contributed by atoms with Gasteiger partial charge in [-0.1, -0.05) is 25.1 Å². The number of tetrazole rings is 1. The summed E-state index contributed by atoms with van der Waals surface area (Å²) in [5.74, 6) is 2.11. The number of nitrogens with zero attached hydrogens (tertiary/aromatic N) is 6. The number of anilines is 1. The van der Waals surface area contributed by atoms with Crippen molar-refractivity contribution in [1.82, 2.24) is 30.2 Å². The minimum atomic E-state index is 0.609. The molecule has 1 aliphatic rings. The molecule has 0 aliphatic heterocycles. The van der Waals surface area contributed by atoms with Crippen molar-refractivity contribution in [2.45, 2.75) is 62.9 Å². The molecule has 0 amide bonds. The smallest absolute Gasteiger partial charge is 0.191 e. The van der Waals surface area contributed by atoms with Crippen LogP contribution in [0, 0.1) is 0 Å². The lowest BCUT2D eigenvalue weighted by atomic mass is 9.97. The molecule has 132 valence electrons. The van der Waals surface area contributed by atoms with Crippen molar-refractivity contribution < 1.29 is 0 Å². The van der Waals surface area contributed by atoms with Gasteiger partial charge in [0.25, 0.3) is 0 Å². The molecule has 0 unspecified atom stereocenters. The molecule has 0 bridgehead atoms. The Morgan fingerprint density at radius 2 is 2.12 bits per heavy atom. The van der Waals surface area contributed by atoms with Crippen LogP contribution in [0.4, 0.5) is 5.82 Å². The number of aryl methyl sites for hydroxylation is 3. The monoisotopic (exact) mass is 375 g/mol. The van der Waals surface area contributed by atoms with Crippen molar-refractivity contribution in [3.63, 3.8) is 0 Å². The molecule has 25 heavy (non-hydrogen) atoms. The summed E-state index contributed by atoms with van der Waals surface area (Å²) in [4.78, 5) is 11.7. The van der Waals surface area contributed by atoms with Gasteiger partial charge >= 0.3 is 0 Å². The standard InChI is InChI=1S/C16H21N7S2/c1-2-3-8-23-12(20-21-22-23)9-24-16-18-14(17)13-10-6-4-5-7-11(10)25-15(13)19-16/h2-9H2,1H3,(H2,17,18,19). The average Bonchev–Trinajstić information content (AvgIpc) is 3.21. The summed E-state index contributed by atoms with van der Waals surface area (Å²) in [5, 5.41) is 13.7. The van der Waals surface area contributed by atoms with Crippen LogP contribution in [0.3, 0.4) is 0 Å². The highest BCUT2D eigenvalue weighted by atomic mass is 32.2. The van der Waals surface area contributed by atoms with Gasteiger partial charge in [-0.2, -0.15) is 0 Å². The molecular weight excluding hydrogens is 354 g/mol. The summed E-state index contributed by atoms with van der Waals surface area (Å²) in [6.07, 6.45) is 6.92. The maximum Gasteiger partial charge on any atom is 0.191 e. The van der Waals surface area contributed by atoms with Crippen molar-refractivity contribution in [3.8, 4) is 0 Å². The Morgan fingerprint density at radius 1 is 1.24 bits per heavy atom. The lowest BCUT2D eigenvalue weighted by molar-refractivity contribution is 0.540. The molecule has 4 rings (SSSR count). The first-order valence-electron chi connectivity index (χ1n) is 8.72. The Morgan fingerprint density at radius 3 is 3.00 bits per heavy atom. The number of rotatable bonds is 6. The number of fused-ring (bicyclic) bond motifs is 3. The summed E-state index contributed by atoms with van der Waals surface area (Å²) < 4.78 is 1.86. The second kappa shape index (κ2) is 7.25. The maximum atomic E-state index is 6.27. The molecule has 0 atom stereocenters. The zero-order valence-electron chi connectivity index (χ0n) is 14.2. The summed E-state index contributed by atoms with van der Waals surface area (Å²) in [7, 11) is 0. The van der Waals surface area contributed by atoms with Crippen LogP contribution in [0.15, 0.2) is 5.16 Å². The average molecular weight is 376 g/mol. The predicted octanol–water partition coefficient (Wildman–Crippen LogP) is 3.23. The third-order valence-electron chi connectivity index (χ3n) is 4.48. The quantitative estimate of drug-likeness (QED) is 0.522. The molecule has 9 heteroatoms. The SMILES string of the molecule is CCCCn1nnnc1CSc1nc(N)c2c3c(sc2n1)CCCC3. The predicted molar refractivity (Wildman–Crippen MR) is 101 cm³/mol. The molecule has 0 fully saturated rings. The van der Waals surface area contributed by atoms with E-state index < -0.39 is 0 Å². The van der Waals surface area contributed by atoms with Crippen molar-refractivity contribution >= 4 is 39.1 Å². The number of thiophene rings is 1. The number of nitrogens with two attached hydrogens (primary N) is 1. The van der Waals surface area contributed by atoms with E-state index in [1.54, 1.807) is 23.1 Å². The van der Waals surface area contributed by atoms with Crippen molar-refractivity contribution in [2.24, 2.45) is 0 Å². The second-order valence-corrected chi connectivity index (χ2v) is 8.27. The van der Waals surface area contributed by atoms with Crippen LogP contribution in [0.25, 0.3) is 10.2 Å². The highest BCUT2D eigenvalue weighted by Gasteiger charge is 2.20. The van der Waals surface area contributed by atoms with Gasteiger partial charge in [-0.25, -0.2) is 14.6 Å². The molecule has 2 N–H and O–H groups in total. The summed E-state index contributed by atoms with van der Waals surface area (Å²) >= 11 is 3.32. The molecular formula is C16H21N7S2. The molecule has 0 saturated heterocycles. The number of nitrogen functional groups attached to an aromatic ring is 1. The first-order valence-corrected chi connectivity index (χ1v) is 10.5. The molecule has 3 aromatic heterocycles. The molecule has 0 radical (unpaired) electrons. The van der Waals surface area contributed by atoms with E-state index in [-0.39, 0.29) is 0 Å². The fourth-order valence-corrected chi connectivity index (χ4v) is 5.28. The van der Waals surface area contributed by atoms with Gasteiger partial charge < -0.3 is 5.73 Å². The van der Waals surface area contributed by atoms with Crippen LogP contribution >= 0.6 is 23.1 Å². The van der Waals surface area contributed by atoms with Crippen molar-refractivity contribution in [3.05, 3.63) is 16.3 Å². The Labute approximate surface area is 154 Å². The van der Waals surface area contributed by atoms with Crippen molar-refractivity contribution in [2.75, 3.05) is 5.73 Å². The normalized spacial score (nSPS) is 14.1. The molecule has 0 saturated carbocycles. The third kappa shape index (κ3) is 3.35. The number of aromatic nitrogens is 6. The summed E-state index contributed by atoms with van der Waals surface area (Å²) in [6.45, 7) is 3.00. The Hall–Kier alpha value is -1.74. The Kier molecular flexibility index (Phi) is 4.85. The number of unbranched alkanes of at least 4 members (excludes halogenated alkanes) is 1. The van der Waals surface area contributed by atoms with E-state index in [0.717, 1.165) is 48.3 Å². The molecule has 7 nitrogen and oxygen atoms in total. The van der Waals surface area contributed by atoms with E-state index in [0.29, 0.717) is 16.7 Å². The van der Waals surface area contributed by atoms with Gasteiger partial charge in [0.05, 0.1) is 11.1 Å². The maximum absolute atomic E-state index is 6.27. The van der Waals surface area contributed by atoms with Crippen molar-refractivity contribution in [1.29, 1.82) is 0 Å². The summed E-state index contributed by atoms with van der Waals surface area (Å²) in [6, 6.07) is 0. The molecule has 0 aromatic carbocycles. The van der Waals surface area contributed by atoms with Crippen LogP contribution in [0.2, 0.25) is 0 Å². The number of hydrogen-bond donors (Lipinski definition) is 1. The minimum absolute atomic E-state index is 0.609. The molecule has 3 heterocycles. The first kappa shape index (κ1) is 16.7. The third-order valence-corrected chi connectivity index (χ3v) is 6.51.